The molecule has 3 atom stereocenters. The predicted molar refractivity (Wildman–Crippen MR) is 204 cm³/mol. The van der Waals surface area contributed by atoms with Crippen LogP contribution >= 0.6 is 23.2 Å². The lowest BCUT2D eigenvalue weighted by Crippen LogP contribution is -2.59. The van der Waals surface area contributed by atoms with E-state index in [9.17, 15) is 28.4 Å². The van der Waals surface area contributed by atoms with Crippen LogP contribution in [0.2, 0.25) is 10.0 Å². The second-order valence-electron chi connectivity index (χ2n) is 15.0. The number of rotatable bonds is 14. The number of piperazine rings is 1. The molecule has 1 aromatic heterocycles. The normalized spacial score (nSPS) is 17.9. The Hall–Kier alpha value is -4.60. The van der Waals surface area contributed by atoms with E-state index in [4.69, 9.17) is 46.9 Å². The van der Waals surface area contributed by atoms with Crippen molar-refractivity contribution in [1.82, 2.24) is 9.80 Å². The topological polar surface area (TPSA) is 143 Å². The third-order valence-corrected chi connectivity index (χ3v) is 9.87. The molecule has 304 valence electrons. The van der Waals surface area contributed by atoms with Gasteiger partial charge >= 0.3 is 18.7 Å². The molecule has 1 aliphatic heterocycles. The van der Waals surface area contributed by atoms with E-state index in [2.05, 4.69) is 5.32 Å². The Kier molecular flexibility index (Phi) is 13.8. The second kappa shape index (κ2) is 18.1. The molecule has 3 aromatic rings. The van der Waals surface area contributed by atoms with E-state index in [-0.39, 0.29) is 76.1 Å². The van der Waals surface area contributed by atoms with Crippen LogP contribution in [0.1, 0.15) is 75.0 Å². The molecule has 5 rings (SSSR count). The van der Waals surface area contributed by atoms with Crippen molar-refractivity contribution >= 4 is 46.9 Å². The van der Waals surface area contributed by atoms with Gasteiger partial charge in [0.1, 0.15) is 27.5 Å². The zero-order chi connectivity index (χ0) is 40.9. The van der Waals surface area contributed by atoms with Gasteiger partial charge in [0.15, 0.2) is 23.9 Å². The zero-order valence-electron chi connectivity index (χ0n) is 32.0. The standard InChI is InChI=1S/C39H46Cl2F2N4O9/c1-22-17-47(38(50)56-39(3,4)5)23(2)16-45(22)20-35(48)44-30-13-26(10-11-31(30)52-6)36(49)54-33(15-27-28(40)18-46(51)19-29(27)41)25-9-12-32(55-37(42)43)34(14-25)53-21-24-7-8-24/h9-14,18-19,22-24,33,37H,7-8,15-17,20-21H2,1-6H3,(H,44,48)/t22-,23+,33?/m0/s1. The number of anilines is 1. The predicted octanol–water partition coefficient (Wildman–Crippen LogP) is 7.43. The first kappa shape index (κ1) is 42.5. The molecule has 13 nitrogen and oxygen atoms in total. The summed E-state index contributed by atoms with van der Waals surface area (Å²) in [5, 5.41) is 14.8. The molecule has 1 unspecified atom stereocenters. The number of carbonyl (C=O) groups excluding carboxylic acids is 3. The fourth-order valence-electron chi connectivity index (χ4n) is 6.16. The minimum Gasteiger partial charge on any atom is -0.619 e. The van der Waals surface area contributed by atoms with Gasteiger partial charge in [-0.25, -0.2) is 9.59 Å². The molecule has 1 saturated carbocycles. The fourth-order valence-corrected chi connectivity index (χ4v) is 6.76. The number of amides is 2. The Bertz CT molecular complexity index is 1890. The molecule has 2 fully saturated rings. The number of alkyl halides is 2. The van der Waals surface area contributed by atoms with Gasteiger partial charge in [-0.15, -0.1) is 0 Å². The first-order valence-electron chi connectivity index (χ1n) is 18.1. The molecule has 1 N–H and O–H groups in total. The summed E-state index contributed by atoms with van der Waals surface area (Å²) in [6.07, 6.45) is 2.46. The third-order valence-electron chi connectivity index (χ3n) is 9.22. The highest BCUT2D eigenvalue weighted by Gasteiger charge is 2.35. The summed E-state index contributed by atoms with van der Waals surface area (Å²) in [6.45, 7) is 7.17. The molecule has 2 aromatic carbocycles. The maximum Gasteiger partial charge on any atom is 0.410 e. The zero-order valence-corrected chi connectivity index (χ0v) is 33.5. The Morgan fingerprint density at radius 3 is 2.29 bits per heavy atom. The minimum atomic E-state index is -3.11. The van der Waals surface area contributed by atoms with Crippen LogP contribution in [0.4, 0.5) is 19.3 Å². The summed E-state index contributed by atoms with van der Waals surface area (Å²) in [4.78, 5) is 43.7. The molecule has 2 amide bonds. The monoisotopic (exact) mass is 822 g/mol. The number of hydrogen-bond donors (Lipinski definition) is 1. The van der Waals surface area contributed by atoms with Crippen LogP contribution in [0.5, 0.6) is 17.2 Å². The molecule has 0 spiro atoms. The summed E-state index contributed by atoms with van der Waals surface area (Å²) in [5.41, 5.74) is 0.245. The molecule has 0 radical (unpaired) electrons. The van der Waals surface area contributed by atoms with Crippen molar-refractivity contribution in [2.24, 2.45) is 5.92 Å². The second-order valence-corrected chi connectivity index (χ2v) is 15.8. The van der Waals surface area contributed by atoms with E-state index < -0.39 is 30.4 Å². The SMILES string of the molecule is COc1ccc(C(=O)OC(Cc2c(Cl)c[n+]([O-])cc2Cl)c2ccc(OC(F)F)c(OCC3CC3)c2)cc1NC(=O)CN1C[C@@H](C)N(C(=O)OC(C)(C)C)C[C@@H]1C. The number of ether oxygens (including phenoxy) is 5. The van der Waals surface area contributed by atoms with E-state index in [0.717, 1.165) is 25.2 Å². The van der Waals surface area contributed by atoms with Gasteiger partial charge in [0, 0.05) is 37.2 Å². The number of hydrogen-bond acceptors (Lipinski definition) is 10. The Morgan fingerprint density at radius 1 is 0.982 bits per heavy atom. The first-order chi connectivity index (χ1) is 26.4. The number of aromatic nitrogens is 1. The smallest absolute Gasteiger partial charge is 0.410 e. The highest BCUT2D eigenvalue weighted by atomic mass is 35.5. The summed E-state index contributed by atoms with van der Waals surface area (Å²) >= 11 is 12.8. The largest absolute Gasteiger partial charge is 0.619 e. The van der Waals surface area contributed by atoms with Crippen molar-refractivity contribution in [1.29, 1.82) is 0 Å². The Balaban J connectivity index is 1.36. The van der Waals surface area contributed by atoms with Gasteiger partial charge < -0.3 is 39.1 Å². The van der Waals surface area contributed by atoms with Gasteiger partial charge in [-0.2, -0.15) is 13.5 Å². The van der Waals surface area contributed by atoms with E-state index >= 15 is 0 Å². The first-order valence-corrected chi connectivity index (χ1v) is 18.9. The summed E-state index contributed by atoms with van der Waals surface area (Å²) in [6, 6.07) is 8.19. The molecular formula is C39H46Cl2F2N4O9. The fraction of sp³-hybridized carbons (Fsp3) is 0.487. The van der Waals surface area contributed by atoms with Crippen molar-refractivity contribution in [3.05, 3.63) is 80.7 Å². The number of esters is 1. The van der Waals surface area contributed by atoms with E-state index in [1.165, 1.54) is 43.5 Å². The number of benzene rings is 2. The maximum atomic E-state index is 13.9. The van der Waals surface area contributed by atoms with Crippen LogP contribution in [0.3, 0.4) is 0 Å². The van der Waals surface area contributed by atoms with Crippen LogP contribution in [0.25, 0.3) is 0 Å². The number of carbonyl (C=O) groups is 3. The summed E-state index contributed by atoms with van der Waals surface area (Å²) in [5.74, 6) is -0.790. The molecule has 56 heavy (non-hydrogen) atoms. The highest BCUT2D eigenvalue weighted by Crippen LogP contribution is 2.38. The van der Waals surface area contributed by atoms with Crippen LogP contribution in [0, 0.1) is 11.1 Å². The molecular weight excluding hydrogens is 777 g/mol. The molecule has 0 bridgehead atoms. The van der Waals surface area contributed by atoms with Crippen LogP contribution in [0.15, 0.2) is 48.8 Å². The van der Waals surface area contributed by atoms with Crippen LogP contribution in [-0.4, -0.2) is 85.4 Å². The number of methoxy groups -OCH3 is 1. The lowest BCUT2D eigenvalue weighted by atomic mass is 10.0. The number of nitrogens with one attached hydrogen (secondary N) is 1. The number of nitrogens with zero attached hydrogens (tertiary/aromatic N) is 3. The van der Waals surface area contributed by atoms with Crippen LogP contribution in [-0.2, 0) is 20.7 Å². The lowest BCUT2D eigenvalue weighted by Gasteiger charge is -2.43. The molecule has 1 saturated heterocycles. The van der Waals surface area contributed by atoms with E-state index in [0.29, 0.717) is 34.9 Å². The Labute approximate surface area is 334 Å². The summed E-state index contributed by atoms with van der Waals surface area (Å²) in [7, 11) is 1.42. The molecule has 17 heteroatoms. The third kappa shape index (κ3) is 11.5. The van der Waals surface area contributed by atoms with Crippen molar-refractivity contribution in [3.8, 4) is 17.2 Å². The van der Waals surface area contributed by atoms with Gasteiger partial charge in [-0.1, -0.05) is 29.3 Å². The van der Waals surface area contributed by atoms with Crippen molar-refractivity contribution in [2.45, 2.75) is 84.3 Å². The van der Waals surface area contributed by atoms with Gasteiger partial charge in [-0.05, 0) is 89.3 Å². The quantitative estimate of drug-likeness (QED) is 0.0991. The van der Waals surface area contributed by atoms with Crippen LogP contribution < -0.4 is 24.3 Å². The molecule has 2 heterocycles. The summed E-state index contributed by atoms with van der Waals surface area (Å²) < 4.78 is 54.6. The van der Waals surface area contributed by atoms with Gasteiger partial charge in [0.05, 0.1) is 31.5 Å². The van der Waals surface area contributed by atoms with Crippen molar-refractivity contribution in [2.75, 3.05) is 38.7 Å². The van der Waals surface area contributed by atoms with Crippen molar-refractivity contribution < 1.29 is 51.6 Å². The van der Waals surface area contributed by atoms with Gasteiger partial charge in [0.25, 0.3) is 0 Å². The highest BCUT2D eigenvalue weighted by molar-refractivity contribution is 6.35. The Morgan fingerprint density at radius 2 is 1.66 bits per heavy atom. The lowest BCUT2D eigenvalue weighted by molar-refractivity contribution is -0.605. The van der Waals surface area contributed by atoms with E-state index in [1.54, 1.807) is 25.7 Å². The van der Waals surface area contributed by atoms with Gasteiger partial charge in [-0.3, -0.25) is 9.69 Å². The van der Waals surface area contributed by atoms with Crippen molar-refractivity contribution in [3.63, 3.8) is 0 Å². The molecule has 1 aliphatic carbocycles. The number of pyridine rings is 1. The maximum absolute atomic E-state index is 13.9. The average molecular weight is 824 g/mol. The van der Waals surface area contributed by atoms with E-state index in [1.807, 2.05) is 18.7 Å². The number of halogens is 4. The minimum absolute atomic E-state index is 0.00799. The average Bonchev–Trinajstić information content (AvgIpc) is 3.94. The van der Waals surface area contributed by atoms with Gasteiger partial charge in [0.2, 0.25) is 5.91 Å². The molecule has 2 aliphatic rings.